The SMILES string of the molecule is CC(C)OCCCCCCOC(=O)C(=O)OCCCCCCOC(=O)C(=O)C(C)(C)C(C)C. The average molecular weight is 473 g/mol. The largest absolute Gasteiger partial charge is 0.460 e. The molecule has 0 saturated heterocycles. The molecule has 0 atom stereocenters. The van der Waals surface area contributed by atoms with Gasteiger partial charge >= 0.3 is 17.9 Å². The number of hydrogen-bond donors (Lipinski definition) is 0. The Hall–Kier alpha value is -1.96. The van der Waals surface area contributed by atoms with E-state index in [2.05, 4.69) is 0 Å². The molecule has 0 radical (unpaired) electrons. The maximum atomic E-state index is 12.1. The minimum Gasteiger partial charge on any atom is -0.460 e. The number of rotatable bonds is 18. The van der Waals surface area contributed by atoms with Crippen molar-refractivity contribution in [1.82, 2.24) is 0 Å². The van der Waals surface area contributed by atoms with Crippen LogP contribution in [0.4, 0.5) is 0 Å². The lowest BCUT2D eigenvalue weighted by atomic mass is 9.77. The minimum atomic E-state index is -0.972. The van der Waals surface area contributed by atoms with E-state index in [1.165, 1.54) is 0 Å². The standard InChI is InChI=1S/C25H44O8/c1-19(2)25(5,6)21(26)22(27)31-16-12-9-10-14-18-33-24(29)23(28)32-17-13-8-7-11-15-30-20(3)4/h19-20H,7-18H2,1-6H3. The van der Waals surface area contributed by atoms with Crippen molar-refractivity contribution in [2.24, 2.45) is 11.3 Å². The first-order valence-corrected chi connectivity index (χ1v) is 12.2. The van der Waals surface area contributed by atoms with Gasteiger partial charge in [0.1, 0.15) is 0 Å². The predicted molar refractivity (Wildman–Crippen MR) is 125 cm³/mol. The van der Waals surface area contributed by atoms with Crippen LogP contribution in [0.15, 0.2) is 0 Å². The van der Waals surface area contributed by atoms with Crippen LogP contribution < -0.4 is 0 Å². The number of hydrogen-bond acceptors (Lipinski definition) is 8. The van der Waals surface area contributed by atoms with E-state index in [-0.39, 0.29) is 31.8 Å². The van der Waals surface area contributed by atoms with E-state index < -0.39 is 29.1 Å². The molecule has 0 aliphatic heterocycles. The Morgan fingerprint density at radius 3 is 1.30 bits per heavy atom. The van der Waals surface area contributed by atoms with Gasteiger partial charge in [-0.3, -0.25) is 4.79 Å². The first kappa shape index (κ1) is 31.0. The second-order valence-electron chi connectivity index (χ2n) is 9.36. The van der Waals surface area contributed by atoms with Crippen molar-refractivity contribution >= 4 is 23.7 Å². The number of ether oxygens (including phenoxy) is 4. The van der Waals surface area contributed by atoms with Crippen molar-refractivity contribution in [2.75, 3.05) is 26.4 Å². The van der Waals surface area contributed by atoms with Gasteiger partial charge in [-0.2, -0.15) is 0 Å². The molecule has 0 bridgehead atoms. The Morgan fingerprint density at radius 1 is 0.576 bits per heavy atom. The maximum absolute atomic E-state index is 12.1. The van der Waals surface area contributed by atoms with Crippen LogP contribution in [0.3, 0.4) is 0 Å². The molecule has 33 heavy (non-hydrogen) atoms. The Balaban J connectivity index is 3.67. The average Bonchev–Trinajstić information content (AvgIpc) is 2.75. The molecular formula is C25H44O8. The molecule has 0 aliphatic carbocycles. The van der Waals surface area contributed by atoms with E-state index in [1.54, 1.807) is 13.8 Å². The molecule has 0 aromatic rings. The Labute approximate surface area is 199 Å². The highest BCUT2D eigenvalue weighted by molar-refractivity contribution is 6.35. The summed E-state index contributed by atoms with van der Waals surface area (Å²) in [6.45, 7) is 12.5. The molecule has 0 spiro atoms. The Morgan fingerprint density at radius 2 is 0.939 bits per heavy atom. The maximum Gasteiger partial charge on any atom is 0.417 e. The van der Waals surface area contributed by atoms with Gasteiger partial charge in [0.25, 0.3) is 0 Å². The summed E-state index contributed by atoms with van der Waals surface area (Å²) in [4.78, 5) is 47.2. The van der Waals surface area contributed by atoms with Gasteiger partial charge in [0.05, 0.1) is 25.9 Å². The zero-order valence-corrected chi connectivity index (χ0v) is 21.4. The van der Waals surface area contributed by atoms with Crippen LogP contribution in [-0.2, 0) is 38.1 Å². The summed E-state index contributed by atoms with van der Waals surface area (Å²) in [7, 11) is 0. The van der Waals surface area contributed by atoms with Crippen molar-refractivity contribution in [3.8, 4) is 0 Å². The third-order valence-electron chi connectivity index (χ3n) is 5.61. The quantitative estimate of drug-likeness (QED) is 0.125. The van der Waals surface area contributed by atoms with Gasteiger partial charge < -0.3 is 18.9 Å². The van der Waals surface area contributed by atoms with Gasteiger partial charge in [-0.15, -0.1) is 0 Å². The van der Waals surface area contributed by atoms with Crippen molar-refractivity contribution in [1.29, 1.82) is 0 Å². The molecule has 0 aromatic carbocycles. The molecule has 0 fully saturated rings. The van der Waals surface area contributed by atoms with Crippen molar-refractivity contribution < 1.29 is 38.1 Å². The summed E-state index contributed by atoms with van der Waals surface area (Å²) in [5, 5.41) is 0. The molecule has 0 amide bonds. The third-order valence-corrected chi connectivity index (χ3v) is 5.61. The van der Waals surface area contributed by atoms with E-state index >= 15 is 0 Å². The topological polar surface area (TPSA) is 105 Å². The summed E-state index contributed by atoms with van der Waals surface area (Å²) in [5.41, 5.74) is -0.745. The fourth-order valence-corrected chi connectivity index (χ4v) is 2.64. The van der Waals surface area contributed by atoms with Crippen molar-refractivity contribution in [3.05, 3.63) is 0 Å². The van der Waals surface area contributed by atoms with E-state index in [9.17, 15) is 19.2 Å². The molecule has 8 heteroatoms. The lowest BCUT2D eigenvalue weighted by molar-refractivity contribution is -0.167. The highest BCUT2D eigenvalue weighted by Gasteiger charge is 2.36. The predicted octanol–water partition coefficient (Wildman–Crippen LogP) is 4.41. The summed E-state index contributed by atoms with van der Waals surface area (Å²) >= 11 is 0. The van der Waals surface area contributed by atoms with Gasteiger partial charge in [0, 0.05) is 12.0 Å². The fraction of sp³-hybridized carbons (Fsp3) is 0.840. The first-order chi connectivity index (χ1) is 15.5. The van der Waals surface area contributed by atoms with Crippen LogP contribution in [0.25, 0.3) is 0 Å². The van der Waals surface area contributed by atoms with Gasteiger partial charge in [-0.1, -0.05) is 34.1 Å². The molecular weight excluding hydrogens is 428 g/mol. The summed E-state index contributed by atoms with van der Waals surface area (Å²) in [5.74, 6) is -3.19. The minimum absolute atomic E-state index is 0.0393. The van der Waals surface area contributed by atoms with E-state index in [0.29, 0.717) is 19.3 Å². The first-order valence-electron chi connectivity index (χ1n) is 12.2. The van der Waals surface area contributed by atoms with Crippen molar-refractivity contribution in [3.63, 3.8) is 0 Å². The van der Waals surface area contributed by atoms with Gasteiger partial charge in [0.2, 0.25) is 5.78 Å². The van der Waals surface area contributed by atoms with Crippen molar-refractivity contribution in [2.45, 2.75) is 99.0 Å². The lowest BCUT2D eigenvalue weighted by Gasteiger charge is -2.25. The number of esters is 3. The second kappa shape index (κ2) is 17.5. The molecule has 192 valence electrons. The number of carbonyl (C=O) groups excluding carboxylic acids is 4. The van der Waals surface area contributed by atoms with Crippen LogP contribution in [0, 0.1) is 11.3 Å². The highest BCUT2D eigenvalue weighted by Crippen LogP contribution is 2.27. The Bertz CT molecular complexity index is 595. The number of carbonyl (C=O) groups is 4. The highest BCUT2D eigenvalue weighted by atomic mass is 16.6. The summed E-state index contributed by atoms with van der Waals surface area (Å²) in [6, 6.07) is 0. The van der Waals surface area contributed by atoms with Gasteiger partial charge in [-0.05, 0) is 64.7 Å². The van der Waals surface area contributed by atoms with Crippen LogP contribution in [0.2, 0.25) is 0 Å². The Kier molecular flexibility index (Phi) is 16.5. The molecule has 0 N–H and O–H groups in total. The number of Topliss-reactive ketones (excluding diaryl/α,β-unsaturated/α-hetero) is 1. The van der Waals surface area contributed by atoms with E-state index in [0.717, 1.165) is 38.7 Å². The van der Waals surface area contributed by atoms with E-state index in [4.69, 9.17) is 18.9 Å². The molecule has 0 heterocycles. The lowest BCUT2D eigenvalue weighted by Crippen LogP contribution is -2.36. The molecule has 8 nitrogen and oxygen atoms in total. The second-order valence-corrected chi connectivity index (χ2v) is 9.36. The van der Waals surface area contributed by atoms with Gasteiger partial charge in [-0.25, -0.2) is 14.4 Å². The smallest absolute Gasteiger partial charge is 0.417 e. The van der Waals surface area contributed by atoms with Crippen LogP contribution >= 0.6 is 0 Å². The van der Waals surface area contributed by atoms with Crippen LogP contribution in [0.5, 0.6) is 0 Å². The zero-order chi connectivity index (χ0) is 25.3. The number of ketones is 1. The molecule has 0 saturated carbocycles. The molecule has 0 aliphatic rings. The van der Waals surface area contributed by atoms with Crippen LogP contribution in [-0.4, -0.2) is 56.2 Å². The molecule has 0 unspecified atom stereocenters. The van der Waals surface area contributed by atoms with Gasteiger partial charge in [0.15, 0.2) is 0 Å². The monoisotopic (exact) mass is 472 g/mol. The molecule has 0 aromatic heterocycles. The summed E-state index contributed by atoms with van der Waals surface area (Å²) in [6.07, 6.45) is 6.48. The summed E-state index contributed by atoms with van der Waals surface area (Å²) < 4.78 is 20.3. The zero-order valence-electron chi connectivity index (χ0n) is 21.4. The number of unbranched alkanes of at least 4 members (excludes halogenated alkanes) is 6. The van der Waals surface area contributed by atoms with Crippen LogP contribution in [0.1, 0.15) is 92.9 Å². The third kappa shape index (κ3) is 14.7. The normalized spacial score (nSPS) is 11.5. The van der Waals surface area contributed by atoms with E-state index in [1.807, 2.05) is 27.7 Å². The fourth-order valence-electron chi connectivity index (χ4n) is 2.64. The molecule has 0 rings (SSSR count).